The van der Waals surface area contributed by atoms with Crippen molar-refractivity contribution < 1.29 is 19.1 Å². The number of nitrogens with zero attached hydrogens (tertiary/aromatic N) is 1. The number of aromatic amines is 1. The number of esters is 1. The highest BCUT2D eigenvalue weighted by Gasteiger charge is 2.12. The number of aromatic nitrogens is 2. The second-order valence-electron chi connectivity index (χ2n) is 7.44. The van der Waals surface area contributed by atoms with Crippen molar-refractivity contribution in [3.05, 3.63) is 95.8 Å². The Morgan fingerprint density at radius 2 is 1.55 bits per heavy atom. The van der Waals surface area contributed by atoms with Gasteiger partial charge in [0.05, 0.1) is 11.3 Å². The molecule has 1 heterocycles. The molecule has 7 heteroatoms. The minimum absolute atomic E-state index is 0.356. The minimum atomic E-state index is -0.574. The third kappa shape index (κ3) is 5.65. The summed E-state index contributed by atoms with van der Waals surface area (Å²) in [5, 5.41) is 2.69. The van der Waals surface area contributed by atoms with E-state index in [-0.39, 0.29) is 6.61 Å². The van der Waals surface area contributed by atoms with Gasteiger partial charge < -0.3 is 19.8 Å². The second kappa shape index (κ2) is 9.82. The number of ether oxygens (including phenoxy) is 2. The van der Waals surface area contributed by atoms with E-state index >= 15 is 0 Å². The van der Waals surface area contributed by atoms with Crippen LogP contribution < -0.4 is 10.1 Å². The van der Waals surface area contributed by atoms with E-state index in [0.29, 0.717) is 17.0 Å². The van der Waals surface area contributed by atoms with Crippen molar-refractivity contribution in [2.75, 3.05) is 11.9 Å². The molecular formula is C26H23N3O4. The van der Waals surface area contributed by atoms with E-state index in [2.05, 4.69) is 15.3 Å². The zero-order chi connectivity index (χ0) is 23.2. The van der Waals surface area contributed by atoms with Gasteiger partial charge in [0.2, 0.25) is 0 Å². The van der Waals surface area contributed by atoms with E-state index in [0.717, 1.165) is 28.5 Å². The van der Waals surface area contributed by atoms with E-state index in [1.807, 2.05) is 44.2 Å². The average Bonchev–Trinajstić information content (AvgIpc) is 3.17. The summed E-state index contributed by atoms with van der Waals surface area (Å²) in [6.45, 7) is 3.49. The van der Waals surface area contributed by atoms with Crippen LogP contribution in [0.1, 0.15) is 21.7 Å². The number of benzene rings is 3. The molecule has 0 spiro atoms. The van der Waals surface area contributed by atoms with E-state index in [4.69, 9.17) is 9.47 Å². The Labute approximate surface area is 191 Å². The van der Waals surface area contributed by atoms with Gasteiger partial charge >= 0.3 is 5.97 Å². The number of H-pyrrole nitrogens is 1. The summed E-state index contributed by atoms with van der Waals surface area (Å²) >= 11 is 0. The lowest BCUT2D eigenvalue weighted by Crippen LogP contribution is -2.20. The second-order valence-corrected chi connectivity index (χ2v) is 7.44. The number of nitrogens with one attached hydrogen (secondary N) is 2. The summed E-state index contributed by atoms with van der Waals surface area (Å²) in [7, 11) is 0. The largest absolute Gasteiger partial charge is 0.457 e. The predicted molar refractivity (Wildman–Crippen MR) is 125 cm³/mol. The molecule has 4 rings (SSSR count). The summed E-state index contributed by atoms with van der Waals surface area (Å²) in [5.41, 5.74) is 3.72. The highest BCUT2D eigenvalue weighted by Crippen LogP contribution is 2.23. The number of carbonyl (C=O) groups is 2. The molecule has 1 amide bonds. The Bertz CT molecular complexity index is 1230. The summed E-state index contributed by atoms with van der Waals surface area (Å²) < 4.78 is 10.9. The summed E-state index contributed by atoms with van der Waals surface area (Å²) in [6, 6.07) is 23.2. The van der Waals surface area contributed by atoms with Gasteiger partial charge in [-0.15, -0.1) is 0 Å². The Hall–Kier alpha value is -4.39. The van der Waals surface area contributed by atoms with Gasteiger partial charge in [-0.1, -0.05) is 30.3 Å². The Balaban J connectivity index is 1.27. The van der Waals surface area contributed by atoms with E-state index in [1.165, 1.54) is 0 Å². The molecule has 1 aromatic heterocycles. The lowest BCUT2D eigenvalue weighted by Gasteiger charge is -2.09. The maximum Gasteiger partial charge on any atom is 0.338 e. The van der Waals surface area contributed by atoms with Gasteiger partial charge in [0.15, 0.2) is 6.61 Å². The molecule has 0 saturated heterocycles. The van der Waals surface area contributed by atoms with E-state index in [1.54, 1.807) is 48.5 Å². The van der Waals surface area contributed by atoms with Gasteiger partial charge in [-0.25, -0.2) is 9.78 Å². The fourth-order valence-corrected chi connectivity index (χ4v) is 3.09. The SMILES string of the molecule is Cc1nc(-c2ccc(C(=O)OCC(=O)Nc3ccc(Oc4ccccc4)cc3)cc2)[nH]c1C. The van der Waals surface area contributed by atoms with Crippen LogP contribution in [0.5, 0.6) is 11.5 Å². The summed E-state index contributed by atoms with van der Waals surface area (Å²) in [6.07, 6.45) is 0. The van der Waals surface area contributed by atoms with Crippen molar-refractivity contribution in [2.45, 2.75) is 13.8 Å². The summed E-state index contributed by atoms with van der Waals surface area (Å²) in [4.78, 5) is 32.1. The summed E-state index contributed by atoms with van der Waals surface area (Å²) in [5.74, 6) is 1.11. The molecule has 0 atom stereocenters. The first-order valence-electron chi connectivity index (χ1n) is 10.4. The molecule has 0 aliphatic carbocycles. The van der Waals surface area contributed by atoms with Crippen LogP contribution >= 0.6 is 0 Å². The number of hydrogen-bond acceptors (Lipinski definition) is 5. The highest BCUT2D eigenvalue weighted by atomic mass is 16.5. The monoisotopic (exact) mass is 441 g/mol. The number of carbonyl (C=O) groups excluding carboxylic acids is 2. The van der Waals surface area contributed by atoms with Gasteiger partial charge in [-0.05, 0) is 62.4 Å². The van der Waals surface area contributed by atoms with Gasteiger partial charge in [0.25, 0.3) is 5.91 Å². The molecule has 3 aromatic carbocycles. The van der Waals surface area contributed by atoms with Gasteiger partial charge in [-0.2, -0.15) is 0 Å². The van der Waals surface area contributed by atoms with Crippen LogP contribution in [0.3, 0.4) is 0 Å². The number of para-hydroxylation sites is 1. The van der Waals surface area contributed by atoms with Crippen LogP contribution in [-0.4, -0.2) is 28.5 Å². The Morgan fingerprint density at radius 3 is 2.18 bits per heavy atom. The molecule has 0 radical (unpaired) electrons. The van der Waals surface area contributed by atoms with Gasteiger partial charge in [-0.3, -0.25) is 4.79 Å². The molecular weight excluding hydrogens is 418 g/mol. The molecule has 7 nitrogen and oxygen atoms in total. The first kappa shape index (κ1) is 21.8. The molecule has 2 N–H and O–H groups in total. The fraction of sp³-hybridized carbons (Fsp3) is 0.115. The number of amides is 1. The van der Waals surface area contributed by atoms with Crippen LogP contribution in [0, 0.1) is 13.8 Å². The van der Waals surface area contributed by atoms with Crippen LogP contribution in [0.25, 0.3) is 11.4 Å². The highest BCUT2D eigenvalue weighted by molar-refractivity contribution is 5.95. The standard InChI is InChI=1S/C26H23N3O4/c1-17-18(2)28-25(27-17)19-8-10-20(11-9-19)26(31)32-16-24(30)29-21-12-14-23(15-13-21)33-22-6-4-3-5-7-22/h3-15H,16H2,1-2H3,(H,27,28)(H,29,30). The molecule has 0 unspecified atom stereocenters. The van der Waals surface area contributed by atoms with Crippen molar-refractivity contribution in [1.29, 1.82) is 0 Å². The number of hydrogen-bond donors (Lipinski definition) is 2. The maximum absolute atomic E-state index is 12.3. The zero-order valence-corrected chi connectivity index (χ0v) is 18.3. The lowest BCUT2D eigenvalue weighted by molar-refractivity contribution is -0.119. The predicted octanol–water partition coefficient (Wildman–Crippen LogP) is 5.28. The third-order valence-electron chi connectivity index (χ3n) is 4.97. The normalized spacial score (nSPS) is 10.5. The Kier molecular flexibility index (Phi) is 6.50. The molecule has 0 aliphatic heterocycles. The van der Waals surface area contributed by atoms with Crippen molar-refractivity contribution >= 4 is 17.6 Å². The number of anilines is 1. The lowest BCUT2D eigenvalue weighted by atomic mass is 10.1. The van der Waals surface area contributed by atoms with Gasteiger partial charge in [0, 0.05) is 16.9 Å². The van der Waals surface area contributed by atoms with Crippen molar-refractivity contribution in [1.82, 2.24) is 9.97 Å². The number of aryl methyl sites for hydroxylation is 2. The maximum atomic E-state index is 12.3. The number of rotatable bonds is 7. The molecule has 4 aromatic rings. The molecule has 33 heavy (non-hydrogen) atoms. The van der Waals surface area contributed by atoms with Crippen molar-refractivity contribution in [3.8, 4) is 22.9 Å². The zero-order valence-electron chi connectivity index (χ0n) is 18.3. The smallest absolute Gasteiger partial charge is 0.338 e. The van der Waals surface area contributed by atoms with E-state index < -0.39 is 11.9 Å². The third-order valence-corrected chi connectivity index (χ3v) is 4.97. The Morgan fingerprint density at radius 1 is 0.879 bits per heavy atom. The minimum Gasteiger partial charge on any atom is -0.457 e. The van der Waals surface area contributed by atoms with Crippen LogP contribution in [0.2, 0.25) is 0 Å². The van der Waals surface area contributed by atoms with Crippen molar-refractivity contribution in [2.24, 2.45) is 0 Å². The van der Waals surface area contributed by atoms with E-state index in [9.17, 15) is 9.59 Å². The first-order chi connectivity index (χ1) is 16.0. The van der Waals surface area contributed by atoms with Gasteiger partial charge in [0.1, 0.15) is 17.3 Å². The quantitative estimate of drug-likeness (QED) is 0.381. The topological polar surface area (TPSA) is 93.3 Å². The van der Waals surface area contributed by atoms with Crippen molar-refractivity contribution in [3.63, 3.8) is 0 Å². The van der Waals surface area contributed by atoms with Crippen LogP contribution in [0.15, 0.2) is 78.9 Å². The molecule has 0 saturated carbocycles. The molecule has 166 valence electrons. The average molecular weight is 441 g/mol. The number of imidazole rings is 1. The van der Waals surface area contributed by atoms with Crippen LogP contribution in [-0.2, 0) is 9.53 Å². The molecule has 0 fully saturated rings. The molecule has 0 bridgehead atoms. The first-order valence-corrected chi connectivity index (χ1v) is 10.4. The van der Waals surface area contributed by atoms with Crippen LogP contribution in [0.4, 0.5) is 5.69 Å². The fourth-order valence-electron chi connectivity index (χ4n) is 3.09. The molecule has 0 aliphatic rings.